The molecule has 1 aliphatic heterocycles. The minimum atomic E-state index is -0.370. The number of likely N-dealkylation sites (N-methyl/N-ethyl adjacent to an activating group) is 1. The molecule has 1 aliphatic carbocycles. The maximum absolute atomic E-state index is 12.9. The zero-order valence-corrected chi connectivity index (χ0v) is 18.5. The lowest BCUT2D eigenvalue weighted by molar-refractivity contribution is -0.127. The molecule has 29 heavy (non-hydrogen) atoms. The van der Waals surface area contributed by atoms with Gasteiger partial charge in [0.2, 0.25) is 6.35 Å². The van der Waals surface area contributed by atoms with E-state index in [1.54, 1.807) is 4.90 Å². The number of rotatable bonds is 8. The Bertz CT molecular complexity index is 691. The highest BCUT2D eigenvalue weighted by atomic mass is 16.5. The van der Waals surface area contributed by atoms with Crippen molar-refractivity contribution in [3.8, 4) is 0 Å². The first kappa shape index (κ1) is 21.7. The molecule has 0 aromatic heterocycles. The van der Waals surface area contributed by atoms with Gasteiger partial charge in [-0.15, -0.1) is 0 Å². The maximum atomic E-state index is 12.9. The van der Waals surface area contributed by atoms with Crippen LogP contribution in [0.1, 0.15) is 65.4 Å². The number of amides is 1. The van der Waals surface area contributed by atoms with Gasteiger partial charge in [0, 0.05) is 31.4 Å². The van der Waals surface area contributed by atoms with E-state index in [1.165, 1.54) is 37.8 Å². The highest BCUT2D eigenvalue weighted by Gasteiger charge is 2.37. The third-order valence-corrected chi connectivity index (χ3v) is 6.42. The Kier molecular flexibility index (Phi) is 7.59. The van der Waals surface area contributed by atoms with Crippen LogP contribution in [0, 0.1) is 5.92 Å². The van der Waals surface area contributed by atoms with Crippen LogP contribution in [-0.4, -0.2) is 42.8 Å². The van der Waals surface area contributed by atoms with E-state index in [2.05, 4.69) is 55.3 Å². The van der Waals surface area contributed by atoms with Gasteiger partial charge in [-0.25, -0.2) is 0 Å². The van der Waals surface area contributed by atoms with Crippen LogP contribution >= 0.6 is 0 Å². The second-order valence-electron chi connectivity index (χ2n) is 8.19. The molecule has 2 unspecified atom stereocenters. The van der Waals surface area contributed by atoms with Crippen LogP contribution in [0.5, 0.6) is 0 Å². The summed E-state index contributed by atoms with van der Waals surface area (Å²) in [5.74, 6) is 1.06. The number of carbonyl (C=O) groups excluding carboxylic acids is 1. The predicted molar refractivity (Wildman–Crippen MR) is 119 cm³/mol. The molecule has 5 nitrogen and oxygen atoms in total. The van der Waals surface area contributed by atoms with Gasteiger partial charge in [0.15, 0.2) is 5.76 Å². The summed E-state index contributed by atoms with van der Waals surface area (Å²) < 4.78 is 6.08. The van der Waals surface area contributed by atoms with Crippen LogP contribution < -0.4 is 10.2 Å². The number of hydrogen-bond donors (Lipinski definition) is 1. The molecular formula is C24H37N3O2. The second-order valence-corrected chi connectivity index (χ2v) is 8.19. The Morgan fingerprint density at radius 3 is 2.38 bits per heavy atom. The van der Waals surface area contributed by atoms with Gasteiger partial charge in [0.05, 0.1) is 0 Å². The van der Waals surface area contributed by atoms with Crippen molar-refractivity contribution in [1.29, 1.82) is 0 Å². The van der Waals surface area contributed by atoms with Crippen molar-refractivity contribution in [1.82, 2.24) is 10.2 Å². The molecule has 1 heterocycles. The van der Waals surface area contributed by atoms with Crippen LogP contribution in [0.4, 0.5) is 5.69 Å². The van der Waals surface area contributed by atoms with Gasteiger partial charge < -0.3 is 9.64 Å². The Morgan fingerprint density at radius 2 is 1.79 bits per heavy atom. The molecule has 160 valence electrons. The summed E-state index contributed by atoms with van der Waals surface area (Å²) in [5.41, 5.74) is 2.19. The first-order chi connectivity index (χ1) is 14.1. The van der Waals surface area contributed by atoms with Crippen LogP contribution in [-0.2, 0) is 9.53 Å². The molecule has 2 aliphatic rings. The zero-order valence-electron chi connectivity index (χ0n) is 18.5. The molecule has 1 N–H and O–H groups in total. The van der Waals surface area contributed by atoms with Gasteiger partial charge >= 0.3 is 0 Å². The lowest BCUT2D eigenvalue weighted by Gasteiger charge is -2.32. The highest BCUT2D eigenvalue weighted by Crippen LogP contribution is 2.28. The molecule has 2 atom stereocenters. The summed E-state index contributed by atoms with van der Waals surface area (Å²) in [6.45, 7) is 11.1. The van der Waals surface area contributed by atoms with E-state index in [9.17, 15) is 4.79 Å². The Labute approximate surface area is 176 Å². The first-order valence-corrected chi connectivity index (χ1v) is 11.4. The topological polar surface area (TPSA) is 44.8 Å². The lowest BCUT2D eigenvalue weighted by Crippen LogP contribution is -2.49. The third kappa shape index (κ3) is 5.13. The third-order valence-electron chi connectivity index (χ3n) is 6.42. The van der Waals surface area contributed by atoms with Gasteiger partial charge in [0.1, 0.15) is 0 Å². The maximum Gasteiger partial charge on any atom is 0.293 e. The Balaban J connectivity index is 1.69. The quantitative estimate of drug-likeness (QED) is 0.649. The summed E-state index contributed by atoms with van der Waals surface area (Å²) >= 11 is 0. The van der Waals surface area contributed by atoms with Crippen molar-refractivity contribution >= 4 is 17.7 Å². The van der Waals surface area contributed by atoms with Gasteiger partial charge in [-0.05, 0) is 70.2 Å². The highest BCUT2D eigenvalue weighted by molar-refractivity contribution is 5.97. The van der Waals surface area contributed by atoms with Crippen LogP contribution in [0.3, 0.4) is 0 Å². The fourth-order valence-electron chi connectivity index (χ4n) is 4.53. The van der Waals surface area contributed by atoms with Gasteiger partial charge in [0.25, 0.3) is 5.91 Å². The number of anilines is 1. The number of nitrogens with zero attached hydrogens (tertiary/aromatic N) is 2. The largest absolute Gasteiger partial charge is 0.451 e. The fraction of sp³-hybridized carbons (Fsp3) is 0.625. The molecule has 2 fully saturated rings. The zero-order chi connectivity index (χ0) is 20.8. The van der Waals surface area contributed by atoms with Crippen molar-refractivity contribution < 1.29 is 9.53 Å². The van der Waals surface area contributed by atoms with Gasteiger partial charge in [-0.3, -0.25) is 15.0 Å². The summed E-state index contributed by atoms with van der Waals surface area (Å²) in [7, 11) is 0. The molecular weight excluding hydrogens is 362 g/mol. The molecule has 1 saturated heterocycles. The molecule has 5 heteroatoms. The van der Waals surface area contributed by atoms with Crippen molar-refractivity contribution in [2.45, 2.75) is 72.2 Å². The van der Waals surface area contributed by atoms with E-state index >= 15 is 0 Å². The van der Waals surface area contributed by atoms with Crippen molar-refractivity contribution in [2.75, 3.05) is 24.5 Å². The van der Waals surface area contributed by atoms with Crippen molar-refractivity contribution in [3.63, 3.8) is 0 Å². The monoisotopic (exact) mass is 399 g/mol. The first-order valence-electron chi connectivity index (χ1n) is 11.4. The smallest absolute Gasteiger partial charge is 0.293 e. The molecule has 1 saturated carbocycles. The van der Waals surface area contributed by atoms with Crippen LogP contribution in [0.15, 0.2) is 30.0 Å². The Morgan fingerprint density at radius 1 is 1.14 bits per heavy atom. The van der Waals surface area contributed by atoms with E-state index in [1.807, 2.05) is 13.0 Å². The molecule has 0 radical (unpaired) electrons. The number of benzene rings is 1. The normalized spacial score (nSPS) is 22.8. The molecule has 3 rings (SSSR count). The number of hydrogen-bond acceptors (Lipinski definition) is 4. The molecule has 1 aromatic carbocycles. The van der Waals surface area contributed by atoms with Gasteiger partial charge in [-0.1, -0.05) is 31.4 Å². The molecule has 0 spiro atoms. The summed E-state index contributed by atoms with van der Waals surface area (Å²) in [4.78, 5) is 17.0. The molecule has 1 amide bonds. The lowest BCUT2D eigenvalue weighted by atomic mass is 9.84. The van der Waals surface area contributed by atoms with Crippen LogP contribution in [0.2, 0.25) is 0 Å². The average molecular weight is 400 g/mol. The predicted octanol–water partition coefficient (Wildman–Crippen LogP) is 4.59. The number of ether oxygens (including phenoxy) is 1. The summed E-state index contributed by atoms with van der Waals surface area (Å²) in [6.07, 6.45) is 8.00. The van der Waals surface area contributed by atoms with Crippen molar-refractivity contribution in [2.24, 2.45) is 5.92 Å². The number of nitrogens with one attached hydrogen (secondary N) is 1. The Hall–Kier alpha value is -2.01. The van der Waals surface area contributed by atoms with E-state index in [4.69, 9.17) is 4.74 Å². The standard InChI is InChI=1S/C24H37N3O2/c1-5-26(6-2)21-15-13-19(14-16-21)17-22-23(28)27(7-3)24(29-22)25-18(4)20-11-9-8-10-12-20/h13-18,20,24-25H,5-12H2,1-4H3/b22-17+. The number of carbonyl (C=O) groups is 1. The van der Waals surface area contributed by atoms with Gasteiger partial charge in [-0.2, -0.15) is 0 Å². The van der Waals surface area contributed by atoms with E-state index in [0.29, 0.717) is 24.3 Å². The molecule has 1 aromatic rings. The second kappa shape index (κ2) is 10.1. The van der Waals surface area contributed by atoms with E-state index in [-0.39, 0.29) is 12.3 Å². The summed E-state index contributed by atoms with van der Waals surface area (Å²) in [6, 6.07) is 8.67. The average Bonchev–Trinajstić information content (AvgIpc) is 3.04. The minimum Gasteiger partial charge on any atom is -0.451 e. The van der Waals surface area contributed by atoms with E-state index in [0.717, 1.165) is 18.7 Å². The minimum absolute atomic E-state index is 0.0336. The van der Waals surface area contributed by atoms with Crippen LogP contribution in [0.25, 0.3) is 6.08 Å². The van der Waals surface area contributed by atoms with Crippen molar-refractivity contribution in [3.05, 3.63) is 35.6 Å². The fourth-order valence-corrected chi connectivity index (χ4v) is 4.53. The van der Waals surface area contributed by atoms with E-state index < -0.39 is 0 Å². The SMILES string of the molecule is CCN(CC)c1ccc(/C=C2/OC(NC(C)C3CCCCC3)N(CC)C2=O)cc1. The summed E-state index contributed by atoms with van der Waals surface area (Å²) in [5, 5.41) is 3.57. The molecule has 0 bridgehead atoms.